The predicted molar refractivity (Wildman–Crippen MR) is 135 cm³/mol. The molecule has 190 valence electrons. The minimum Gasteiger partial charge on any atom is -0.454 e. The number of carbonyl (C=O) groups is 3. The van der Waals surface area contributed by atoms with Gasteiger partial charge in [0.05, 0.1) is 11.4 Å². The van der Waals surface area contributed by atoms with Crippen LogP contribution in [-0.2, 0) is 16.1 Å². The van der Waals surface area contributed by atoms with Crippen LogP contribution in [0.5, 0.6) is 11.5 Å². The SMILES string of the molecule is CCN(CC)C(=O)c1ccc2c(c1)N(CC(=O)NCc1ccc3c(c1)OCO3)C(=O)[C@@H]1CCCCN21. The van der Waals surface area contributed by atoms with Crippen LogP contribution in [0.4, 0.5) is 11.4 Å². The van der Waals surface area contributed by atoms with Crippen LogP contribution in [0.3, 0.4) is 0 Å². The molecule has 3 amide bonds. The van der Waals surface area contributed by atoms with Crippen molar-refractivity contribution >= 4 is 29.1 Å². The van der Waals surface area contributed by atoms with E-state index in [4.69, 9.17) is 9.47 Å². The summed E-state index contributed by atoms with van der Waals surface area (Å²) in [4.78, 5) is 45.0. The number of nitrogens with zero attached hydrogens (tertiary/aromatic N) is 3. The van der Waals surface area contributed by atoms with Gasteiger partial charge in [-0.1, -0.05) is 6.07 Å². The van der Waals surface area contributed by atoms with Crippen molar-refractivity contribution in [3.05, 3.63) is 47.5 Å². The van der Waals surface area contributed by atoms with Crippen molar-refractivity contribution in [3.63, 3.8) is 0 Å². The summed E-state index contributed by atoms with van der Waals surface area (Å²) in [5.41, 5.74) is 2.92. The van der Waals surface area contributed by atoms with Gasteiger partial charge in [0.2, 0.25) is 18.6 Å². The zero-order valence-corrected chi connectivity index (χ0v) is 20.8. The molecule has 0 bridgehead atoms. The smallest absolute Gasteiger partial charge is 0.253 e. The molecule has 0 radical (unpaired) electrons. The molecule has 3 aliphatic rings. The second-order valence-electron chi connectivity index (χ2n) is 9.27. The van der Waals surface area contributed by atoms with Gasteiger partial charge in [-0.2, -0.15) is 0 Å². The van der Waals surface area contributed by atoms with Crippen LogP contribution in [0.25, 0.3) is 0 Å². The molecule has 0 aliphatic carbocycles. The third-order valence-corrected chi connectivity index (χ3v) is 7.16. The van der Waals surface area contributed by atoms with E-state index in [0.717, 1.165) is 37.1 Å². The molecule has 0 saturated carbocycles. The second-order valence-corrected chi connectivity index (χ2v) is 9.27. The van der Waals surface area contributed by atoms with Crippen molar-refractivity contribution in [1.29, 1.82) is 0 Å². The van der Waals surface area contributed by atoms with Crippen molar-refractivity contribution in [2.45, 2.75) is 45.7 Å². The van der Waals surface area contributed by atoms with Gasteiger partial charge in [-0.25, -0.2) is 0 Å². The first-order valence-corrected chi connectivity index (χ1v) is 12.7. The molecule has 0 unspecified atom stereocenters. The first-order valence-electron chi connectivity index (χ1n) is 12.7. The zero-order chi connectivity index (χ0) is 25.2. The minimum atomic E-state index is -0.280. The summed E-state index contributed by atoms with van der Waals surface area (Å²) in [6.45, 7) is 6.27. The molecular formula is C27H32N4O5. The maximum Gasteiger partial charge on any atom is 0.253 e. The van der Waals surface area contributed by atoms with Crippen molar-refractivity contribution in [3.8, 4) is 11.5 Å². The summed E-state index contributed by atoms with van der Waals surface area (Å²) in [6.07, 6.45) is 2.75. The van der Waals surface area contributed by atoms with Gasteiger partial charge in [0.1, 0.15) is 12.6 Å². The van der Waals surface area contributed by atoms with E-state index in [0.29, 0.717) is 42.4 Å². The zero-order valence-electron chi connectivity index (χ0n) is 20.8. The molecule has 9 heteroatoms. The van der Waals surface area contributed by atoms with Crippen LogP contribution in [0.15, 0.2) is 36.4 Å². The number of hydrogen-bond donors (Lipinski definition) is 1. The Hall–Kier alpha value is -3.75. The monoisotopic (exact) mass is 492 g/mol. The molecule has 0 spiro atoms. The summed E-state index contributed by atoms with van der Waals surface area (Å²) < 4.78 is 10.7. The van der Waals surface area contributed by atoms with Crippen LogP contribution in [0, 0.1) is 0 Å². The normalized spacial score (nSPS) is 17.9. The summed E-state index contributed by atoms with van der Waals surface area (Å²) in [6, 6.07) is 10.8. The fourth-order valence-corrected chi connectivity index (χ4v) is 5.20. The number of carbonyl (C=O) groups excluding carboxylic acids is 3. The Balaban J connectivity index is 1.38. The van der Waals surface area contributed by atoms with E-state index in [-0.39, 0.29) is 37.1 Å². The Morgan fingerprint density at radius 2 is 1.83 bits per heavy atom. The number of anilines is 2. The molecule has 36 heavy (non-hydrogen) atoms. The Bertz CT molecular complexity index is 1180. The highest BCUT2D eigenvalue weighted by atomic mass is 16.7. The number of nitrogens with one attached hydrogen (secondary N) is 1. The molecule has 0 aromatic heterocycles. The number of amides is 3. The van der Waals surface area contributed by atoms with E-state index in [1.54, 1.807) is 15.9 Å². The lowest BCUT2D eigenvalue weighted by atomic mass is 9.95. The summed E-state index contributed by atoms with van der Waals surface area (Å²) in [5, 5.41) is 2.92. The highest BCUT2D eigenvalue weighted by Crippen LogP contribution is 2.40. The Morgan fingerprint density at radius 1 is 1.03 bits per heavy atom. The van der Waals surface area contributed by atoms with Crippen LogP contribution >= 0.6 is 0 Å². The van der Waals surface area contributed by atoms with Crippen LogP contribution in [-0.4, -0.2) is 61.6 Å². The van der Waals surface area contributed by atoms with Gasteiger partial charge in [-0.3, -0.25) is 19.3 Å². The molecule has 1 atom stereocenters. The van der Waals surface area contributed by atoms with Crippen LogP contribution in [0.1, 0.15) is 49.0 Å². The number of fused-ring (bicyclic) bond motifs is 4. The standard InChI is InChI=1S/C27H32N4O5/c1-3-29(4-2)26(33)19-9-10-20-22(14-19)31(27(34)21-7-5-6-12-30(20)21)16-25(32)28-15-18-8-11-23-24(13-18)36-17-35-23/h8-11,13-14,21H,3-7,12,15-17H2,1-2H3,(H,28,32)/t21-/m0/s1. The molecule has 1 fully saturated rings. The minimum absolute atomic E-state index is 0.0803. The molecule has 2 aromatic rings. The van der Waals surface area contributed by atoms with Gasteiger partial charge in [-0.15, -0.1) is 0 Å². The lowest BCUT2D eigenvalue weighted by Crippen LogP contribution is -2.57. The average Bonchev–Trinajstić information content (AvgIpc) is 3.38. The van der Waals surface area contributed by atoms with Crippen molar-refractivity contribution in [1.82, 2.24) is 10.2 Å². The van der Waals surface area contributed by atoms with Gasteiger partial charge < -0.3 is 24.6 Å². The quantitative estimate of drug-likeness (QED) is 0.639. The van der Waals surface area contributed by atoms with E-state index < -0.39 is 0 Å². The molecule has 3 heterocycles. The Labute approximate surface area is 210 Å². The highest BCUT2D eigenvalue weighted by Gasteiger charge is 2.40. The fourth-order valence-electron chi connectivity index (χ4n) is 5.20. The number of rotatable bonds is 7. The third-order valence-electron chi connectivity index (χ3n) is 7.16. The molecule has 2 aromatic carbocycles. The largest absolute Gasteiger partial charge is 0.454 e. The molecular weight excluding hydrogens is 460 g/mol. The molecule has 1 N–H and O–H groups in total. The molecule has 5 rings (SSSR count). The maximum atomic E-state index is 13.6. The van der Waals surface area contributed by atoms with E-state index in [1.165, 1.54) is 0 Å². The van der Waals surface area contributed by atoms with Gasteiger partial charge in [0, 0.05) is 31.7 Å². The van der Waals surface area contributed by atoms with Gasteiger partial charge in [0.25, 0.3) is 5.91 Å². The number of ether oxygens (including phenoxy) is 2. The number of hydrogen-bond acceptors (Lipinski definition) is 6. The van der Waals surface area contributed by atoms with Gasteiger partial charge >= 0.3 is 0 Å². The molecule has 3 aliphatic heterocycles. The summed E-state index contributed by atoms with van der Waals surface area (Å²) >= 11 is 0. The summed E-state index contributed by atoms with van der Waals surface area (Å²) in [5.74, 6) is 0.908. The van der Waals surface area contributed by atoms with Gasteiger partial charge in [-0.05, 0) is 69.0 Å². The van der Waals surface area contributed by atoms with Crippen molar-refractivity contribution < 1.29 is 23.9 Å². The average molecular weight is 493 g/mol. The lowest BCUT2D eigenvalue weighted by Gasteiger charge is -2.45. The topological polar surface area (TPSA) is 91.4 Å². The van der Waals surface area contributed by atoms with Crippen LogP contribution < -0.4 is 24.6 Å². The predicted octanol–water partition coefficient (Wildman–Crippen LogP) is 2.92. The second kappa shape index (κ2) is 10.1. The van der Waals surface area contributed by atoms with E-state index in [9.17, 15) is 14.4 Å². The Kier molecular flexibility index (Phi) is 6.71. The number of piperidine rings is 1. The Morgan fingerprint density at radius 3 is 2.64 bits per heavy atom. The van der Waals surface area contributed by atoms with Gasteiger partial charge in [0.15, 0.2) is 11.5 Å². The first kappa shape index (κ1) is 24.0. The van der Waals surface area contributed by atoms with Crippen molar-refractivity contribution in [2.75, 3.05) is 42.8 Å². The lowest BCUT2D eigenvalue weighted by molar-refractivity contribution is -0.125. The first-order chi connectivity index (χ1) is 17.5. The maximum absolute atomic E-state index is 13.6. The third kappa shape index (κ3) is 4.45. The van der Waals surface area contributed by atoms with E-state index >= 15 is 0 Å². The molecule has 9 nitrogen and oxygen atoms in total. The van der Waals surface area contributed by atoms with Crippen LogP contribution in [0.2, 0.25) is 0 Å². The van der Waals surface area contributed by atoms with Crippen molar-refractivity contribution in [2.24, 2.45) is 0 Å². The molecule has 1 saturated heterocycles. The van der Waals surface area contributed by atoms with E-state index in [1.807, 2.05) is 44.2 Å². The summed E-state index contributed by atoms with van der Waals surface area (Å²) in [7, 11) is 0. The van der Waals surface area contributed by atoms with E-state index in [2.05, 4.69) is 10.2 Å². The fraction of sp³-hybridized carbons (Fsp3) is 0.444. The number of benzene rings is 2. The highest BCUT2D eigenvalue weighted by molar-refractivity contribution is 6.09.